The van der Waals surface area contributed by atoms with E-state index < -0.39 is 10.8 Å². The molecular formula is C20H34IN3O2S. The summed E-state index contributed by atoms with van der Waals surface area (Å²) in [7, 11) is 1.21. The van der Waals surface area contributed by atoms with Crippen molar-refractivity contribution in [3.05, 3.63) is 35.9 Å². The Kier molecular flexibility index (Phi) is 12.9. The number of guanidine groups is 1. The summed E-state index contributed by atoms with van der Waals surface area (Å²) < 4.78 is 17.7. The van der Waals surface area contributed by atoms with Crippen LogP contribution in [0.2, 0.25) is 0 Å². The van der Waals surface area contributed by atoms with Crippen LogP contribution in [0, 0.1) is 5.92 Å². The first-order valence-electron chi connectivity index (χ1n) is 9.65. The van der Waals surface area contributed by atoms with Crippen LogP contribution in [0.5, 0.6) is 0 Å². The zero-order valence-electron chi connectivity index (χ0n) is 16.6. The molecule has 1 aromatic carbocycles. The van der Waals surface area contributed by atoms with Crippen LogP contribution in [0.4, 0.5) is 0 Å². The molecule has 0 radical (unpaired) electrons. The Hall–Kier alpha value is -0.670. The molecule has 1 aliphatic heterocycles. The van der Waals surface area contributed by atoms with Gasteiger partial charge in [0.2, 0.25) is 0 Å². The molecule has 0 aromatic heterocycles. The van der Waals surface area contributed by atoms with Gasteiger partial charge in [-0.2, -0.15) is 0 Å². The number of rotatable bonds is 9. The highest BCUT2D eigenvalue weighted by molar-refractivity contribution is 14.0. The second-order valence-corrected chi connectivity index (χ2v) is 8.35. The van der Waals surface area contributed by atoms with Gasteiger partial charge >= 0.3 is 0 Å². The molecule has 27 heavy (non-hydrogen) atoms. The predicted molar refractivity (Wildman–Crippen MR) is 125 cm³/mol. The van der Waals surface area contributed by atoms with Crippen LogP contribution >= 0.6 is 24.0 Å². The summed E-state index contributed by atoms with van der Waals surface area (Å²) in [4.78, 5) is 6.87. The third-order valence-electron chi connectivity index (χ3n) is 4.66. The van der Waals surface area contributed by atoms with Crippen molar-refractivity contribution >= 4 is 40.7 Å². The maximum atomic E-state index is 12.2. The van der Waals surface area contributed by atoms with Crippen LogP contribution in [0.3, 0.4) is 0 Å². The Morgan fingerprint density at radius 1 is 1.30 bits per heavy atom. The van der Waals surface area contributed by atoms with E-state index in [2.05, 4.69) is 29.2 Å². The van der Waals surface area contributed by atoms with Gasteiger partial charge in [0.25, 0.3) is 0 Å². The summed E-state index contributed by atoms with van der Waals surface area (Å²) in [6.07, 6.45) is 3.50. The van der Waals surface area contributed by atoms with Gasteiger partial charge in [-0.3, -0.25) is 9.20 Å². The molecule has 0 bridgehead atoms. The third-order valence-corrected chi connectivity index (χ3v) is 5.95. The number of nitrogens with one attached hydrogen (secondary N) is 1. The number of ether oxygens (including phenoxy) is 1. The van der Waals surface area contributed by atoms with E-state index in [9.17, 15) is 4.21 Å². The van der Waals surface area contributed by atoms with Crippen LogP contribution in [0.15, 0.2) is 35.3 Å². The fourth-order valence-corrected chi connectivity index (χ4v) is 4.08. The van der Waals surface area contributed by atoms with Crippen molar-refractivity contribution in [2.24, 2.45) is 10.9 Å². The lowest BCUT2D eigenvalue weighted by atomic mass is 9.96. The summed E-state index contributed by atoms with van der Waals surface area (Å²) in [5.41, 5.74) is 1.12. The van der Waals surface area contributed by atoms with Gasteiger partial charge in [0.1, 0.15) is 0 Å². The SMILES string of the molecule is CCNC(=NCCS(=O)Cc1ccccc1)N(C)CCC1CCOCC1.I. The zero-order valence-corrected chi connectivity index (χ0v) is 19.7. The van der Waals surface area contributed by atoms with Crippen LogP contribution < -0.4 is 5.32 Å². The van der Waals surface area contributed by atoms with E-state index in [-0.39, 0.29) is 24.0 Å². The van der Waals surface area contributed by atoms with E-state index in [1.54, 1.807) is 0 Å². The van der Waals surface area contributed by atoms with Gasteiger partial charge in [0, 0.05) is 55.7 Å². The molecule has 1 aromatic rings. The second-order valence-electron chi connectivity index (χ2n) is 6.78. The molecule has 0 spiro atoms. The fraction of sp³-hybridized carbons (Fsp3) is 0.650. The van der Waals surface area contributed by atoms with Gasteiger partial charge in [-0.1, -0.05) is 30.3 Å². The van der Waals surface area contributed by atoms with Crippen molar-refractivity contribution in [1.82, 2.24) is 10.2 Å². The monoisotopic (exact) mass is 507 g/mol. The van der Waals surface area contributed by atoms with Gasteiger partial charge in [-0.15, -0.1) is 24.0 Å². The van der Waals surface area contributed by atoms with Crippen LogP contribution in [-0.4, -0.2) is 60.7 Å². The molecule has 0 saturated carbocycles. The van der Waals surface area contributed by atoms with E-state index in [1.165, 1.54) is 19.3 Å². The molecule has 5 nitrogen and oxygen atoms in total. The fourth-order valence-electron chi connectivity index (χ4n) is 3.07. The summed E-state index contributed by atoms with van der Waals surface area (Å²) in [5.74, 6) is 2.87. The Labute approximate surface area is 183 Å². The Bertz CT molecular complexity index is 566. The molecule has 154 valence electrons. The lowest BCUT2D eigenvalue weighted by Crippen LogP contribution is -2.40. The van der Waals surface area contributed by atoms with E-state index in [0.29, 0.717) is 18.1 Å². The van der Waals surface area contributed by atoms with Crippen molar-refractivity contribution in [3.63, 3.8) is 0 Å². The number of hydrogen-bond donors (Lipinski definition) is 1. The zero-order chi connectivity index (χ0) is 18.6. The second kappa shape index (κ2) is 14.3. The van der Waals surface area contributed by atoms with Gasteiger partial charge < -0.3 is 15.0 Å². The first kappa shape index (κ1) is 24.4. The lowest BCUT2D eigenvalue weighted by Gasteiger charge is -2.26. The largest absolute Gasteiger partial charge is 0.381 e. The maximum Gasteiger partial charge on any atom is 0.193 e. The van der Waals surface area contributed by atoms with Gasteiger partial charge in [0.05, 0.1) is 6.54 Å². The van der Waals surface area contributed by atoms with Gasteiger partial charge in [-0.05, 0) is 37.7 Å². The molecule has 0 amide bonds. The minimum atomic E-state index is -0.879. The predicted octanol–water partition coefficient (Wildman–Crippen LogP) is 3.27. The topological polar surface area (TPSA) is 53.9 Å². The minimum Gasteiger partial charge on any atom is -0.381 e. The number of halogens is 1. The number of nitrogens with zero attached hydrogens (tertiary/aromatic N) is 2. The molecule has 1 N–H and O–H groups in total. The normalized spacial score (nSPS) is 16.4. The maximum absolute atomic E-state index is 12.2. The Morgan fingerprint density at radius 2 is 2.00 bits per heavy atom. The third kappa shape index (κ3) is 9.89. The van der Waals surface area contributed by atoms with Gasteiger partial charge in [-0.25, -0.2) is 0 Å². The molecule has 1 heterocycles. The standard InChI is InChI=1S/C20H33N3O2S.HI/c1-3-21-20(23(2)13-9-18-10-14-25-15-11-18)22-12-16-26(24)17-19-7-5-4-6-8-19;/h4-8,18H,3,9-17H2,1-2H3,(H,21,22);1H. The molecule has 7 heteroatoms. The number of aliphatic imine (C=N–C) groups is 1. The highest BCUT2D eigenvalue weighted by atomic mass is 127. The summed E-state index contributed by atoms with van der Waals surface area (Å²) >= 11 is 0. The van der Waals surface area contributed by atoms with Crippen molar-refractivity contribution < 1.29 is 8.95 Å². The van der Waals surface area contributed by atoms with Crippen LogP contribution in [-0.2, 0) is 21.3 Å². The first-order valence-corrected chi connectivity index (χ1v) is 11.1. The molecule has 0 aliphatic carbocycles. The average molecular weight is 507 g/mol. The van der Waals surface area contributed by atoms with Crippen molar-refractivity contribution in [2.45, 2.75) is 31.9 Å². The van der Waals surface area contributed by atoms with Crippen LogP contribution in [0.25, 0.3) is 0 Å². The average Bonchev–Trinajstić information content (AvgIpc) is 2.67. The molecule has 1 atom stereocenters. The summed E-state index contributed by atoms with van der Waals surface area (Å²) in [6.45, 7) is 6.29. The number of hydrogen-bond acceptors (Lipinski definition) is 3. The molecule has 1 unspecified atom stereocenters. The Balaban J connectivity index is 0.00000364. The minimum absolute atomic E-state index is 0. The Morgan fingerprint density at radius 3 is 2.67 bits per heavy atom. The first-order chi connectivity index (χ1) is 12.7. The lowest BCUT2D eigenvalue weighted by molar-refractivity contribution is 0.0625. The molecule has 2 rings (SSSR count). The van der Waals surface area contributed by atoms with E-state index in [0.717, 1.165) is 43.7 Å². The van der Waals surface area contributed by atoms with Crippen molar-refractivity contribution in [1.29, 1.82) is 0 Å². The molecule has 1 aliphatic rings. The van der Waals surface area contributed by atoms with Crippen molar-refractivity contribution in [3.8, 4) is 0 Å². The van der Waals surface area contributed by atoms with E-state index in [4.69, 9.17) is 4.74 Å². The van der Waals surface area contributed by atoms with E-state index in [1.807, 2.05) is 30.3 Å². The number of benzene rings is 1. The molecule has 1 fully saturated rings. The van der Waals surface area contributed by atoms with Crippen LogP contribution in [0.1, 0.15) is 31.7 Å². The smallest absolute Gasteiger partial charge is 0.193 e. The van der Waals surface area contributed by atoms with E-state index >= 15 is 0 Å². The quantitative estimate of drug-likeness (QED) is 0.317. The summed E-state index contributed by atoms with van der Waals surface area (Å²) in [5, 5.41) is 3.35. The molecule has 1 saturated heterocycles. The highest BCUT2D eigenvalue weighted by Gasteiger charge is 2.15. The van der Waals surface area contributed by atoms with Crippen molar-refractivity contribution in [2.75, 3.05) is 45.6 Å². The van der Waals surface area contributed by atoms with Gasteiger partial charge in [0.15, 0.2) is 5.96 Å². The molecular weight excluding hydrogens is 473 g/mol. The highest BCUT2D eigenvalue weighted by Crippen LogP contribution is 2.18. The summed E-state index contributed by atoms with van der Waals surface area (Å²) in [6, 6.07) is 10.0.